The zero-order valence-electron chi connectivity index (χ0n) is 10.3. The summed E-state index contributed by atoms with van der Waals surface area (Å²) in [5, 5.41) is 0. The molecule has 1 heterocycles. The molecule has 4 nitrogen and oxygen atoms in total. The van der Waals surface area contributed by atoms with E-state index in [0.29, 0.717) is 12.2 Å². The molecule has 0 fully saturated rings. The highest BCUT2D eigenvalue weighted by Crippen LogP contribution is 2.27. The highest BCUT2D eigenvalue weighted by Gasteiger charge is 2.07. The SMILES string of the molecule is CCOc1ccccc1-c1ccc(CN)c(=O)[nH]1. The molecular weight excluding hydrogens is 228 g/mol. The molecule has 0 atom stereocenters. The molecule has 4 heteroatoms. The number of nitrogens with one attached hydrogen (secondary N) is 1. The van der Waals surface area contributed by atoms with Crippen LogP contribution >= 0.6 is 0 Å². The Morgan fingerprint density at radius 2 is 2.00 bits per heavy atom. The lowest BCUT2D eigenvalue weighted by Gasteiger charge is -2.10. The predicted octanol–water partition coefficient (Wildman–Crippen LogP) is 1.90. The van der Waals surface area contributed by atoms with Gasteiger partial charge in [0, 0.05) is 17.7 Å². The Bertz CT molecular complexity index is 590. The van der Waals surface area contributed by atoms with Gasteiger partial charge >= 0.3 is 0 Å². The highest BCUT2D eigenvalue weighted by molar-refractivity contribution is 5.66. The second-order valence-electron chi connectivity index (χ2n) is 3.86. The van der Waals surface area contributed by atoms with E-state index in [4.69, 9.17) is 10.5 Å². The molecule has 0 amide bonds. The van der Waals surface area contributed by atoms with Gasteiger partial charge in [-0.05, 0) is 25.1 Å². The number of hydrogen-bond donors (Lipinski definition) is 2. The van der Waals surface area contributed by atoms with Gasteiger partial charge in [0.05, 0.1) is 12.3 Å². The van der Waals surface area contributed by atoms with Gasteiger partial charge in [-0.25, -0.2) is 0 Å². The summed E-state index contributed by atoms with van der Waals surface area (Å²) in [6.45, 7) is 2.75. The normalized spacial score (nSPS) is 10.3. The van der Waals surface area contributed by atoms with Crippen molar-refractivity contribution in [3.8, 4) is 17.0 Å². The monoisotopic (exact) mass is 244 g/mol. The molecule has 0 saturated heterocycles. The fourth-order valence-corrected chi connectivity index (χ4v) is 1.79. The summed E-state index contributed by atoms with van der Waals surface area (Å²) in [6.07, 6.45) is 0. The van der Waals surface area contributed by atoms with E-state index in [9.17, 15) is 4.79 Å². The Labute approximate surface area is 105 Å². The third-order valence-corrected chi connectivity index (χ3v) is 2.69. The van der Waals surface area contributed by atoms with Crippen molar-refractivity contribution in [2.75, 3.05) is 6.61 Å². The number of para-hydroxylation sites is 1. The zero-order chi connectivity index (χ0) is 13.0. The Morgan fingerprint density at radius 1 is 1.22 bits per heavy atom. The highest BCUT2D eigenvalue weighted by atomic mass is 16.5. The summed E-state index contributed by atoms with van der Waals surface area (Å²) in [7, 11) is 0. The van der Waals surface area contributed by atoms with Crippen LogP contribution in [0.4, 0.5) is 0 Å². The predicted molar refractivity (Wildman–Crippen MR) is 71.6 cm³/mol. The van der Waals surface area contributed by atoms with E-state index in [1.165, 1.54) is 0 Å². The molecule has 0 aliphatic carbocycles. The average molecular weight is 244 g/mol. The first-order valence-corrected chi connectivity index (χ1v) is 5.90. The summed E-state index contributed by atoms with van der Waals surface area (Å²) in [5.74, 6) is 0.760. The molecule has 0 spiro atoms. The molecule has 0 unspecified atom stereocenters. The lowest BCUT2D eigenvalue weighted by Crippen LogP contribution is -2.16. The van der Waals surface area contributed by atoms with Crippen molar-refractivity contribution in [3.05, 3.63) is 52.3 Å². The van der Waals surface area contributed by atoms with Crippen LogP contribution in [0.1, 0.15) is 12.5 Å². The van der Waals surface area contributed by atoms with Crippen molar-refractivity contribution < 1.29 is 4.74 Å². The maximum atomic E-state index is 11.7. The van der Waals surface area contributed by atoms with Gasteiger partial charge < -0.3 is 15.5 Å². The van der Waals surface area contributed by atoms with Gasteiger partial charge in [0.15, 0.2) is 0 Å². The van der Waals surface area contributed by atoms with Crippen molar-refractivity contribution in [1.29, 1.82) is 0 Å². The standard InChI is InChI=1S/C14H16N2O2/c1-2-18-13-6-4-3-5-11(13)12-8-7-10(9-15)14(17)16-12/h3-8H,2,9,15H2,1H3,(H,16,17). The number of H-pyrrole nitrogens is 1. The van der Waals surface area contributed by atoms with E-state index in [2.05, 4.69) is 4.98 Å². The molecule has 3 N–H and O–H groups in total. The van der Waals surface area contributed by atoms with Crippen molar-refractivity contribution in [3.63, 3.8) is 0 Å². The number of nitrogens with two attached hydrogens (primary N) is 1. The third-order valence-electron chi connectivity index (χ3n) is 2.69. The van der Waals surface area contributed by atoms with Gasteiger partial charge in [-0.2, -0.15) is 0 Å². The first kappa shape index (κ1) is 12.4. The van der Waals surface area contributed by atoms with Gasteiger partial charge in [0.25, 0.3) is 5.56 Å². The average Bonchev–Trinajstić information content (AvgIpc) is 2.40. The molecule has 0 saturated carbocycles. The van der Waals surface area contributed by atoms with E-state index in [-0.39, 0.29) is 12.1 Å². The first-order chi connectivity index (χ1) is 8.76. The number of hydrogen-bond acceptors (Lipinski definition) is 3. The van der Waals surface area contributed by atoms with Crippen LogP contribution in [0.25, 0.3) is 11.3 Å². The Kier molecular flexibility index (Phi) is 3.79. The van der Waals surface area contributed by atoms with Gasteiger partial charge in [-0.15, -0.1) is 0 Å². The van der Waals surface area contributed by atoms with Crippen molar-refractivity contribution >= 4 is 0 Å². The lowest BCUT2D eigenvalue weighted by molar-refractivity contribution is 0.341. The number of rotatable bonds is 4. The molecule has 2 rings (SSSR count). The molecule has 18 heavy (non-hydrogen) atoms. The quantitative estimate of drug-likeness (QED) is 0.863. The van der Waals surface area contributed by atoms with Crippen LogP contribution < -0.4 is 16.0 Å². The fraction of sp³-hybridized carbons (Fsp3) is 0.214. The Morgan fingerprint density at radius 3 is 2.67 bits per heavy atom. The van der Waals surface area contributed by atoms with Crippen LogP contribution in [0.2, 0.25) is 0 Å². The minimum atomic E-state index is -0.152. The number of ether oxygens (including phenoxy) is 1. The Balaban J connectivity index is 2.48. The molecule has 0 bridgehead atoms. The van der Waals surface area contributed by atoms with Crippen LogP contribution in [-0.4, -0.2) is 11.6 Å². The van der Waals surface area contributed by atoms with Crippen molar-refractivity contribution in [1.82, 2.24) is 4.98 Å². The topological polar surface area (TPSA) is 68.1 Å². The van der Waals surface area contributed by atoms with Crippen molar-refractivity contribution in [2.24, 2.45) is 5.73 Å². The van der Waals surface area contributed by atoms with E-state index < -0.39 is 0 Å². The second kappa shape index (κ2) is 5.51. The van der Waals surface area contributed by atoms with Crippen LogP contribution in [0, 0.1) is 0 Å². The maximum absolute atomic E-state index is 11.7. The second-order valence-corrected chi connectivity index (χ2v) is 3.86. The maximum Gasteiger partial charge on any atom is 0.252 e. The molecular formula is C14H16N2O2. The minimum absolute atomic E-state index is 0.152. The largest absolute Gasteiger partial charge is 0.493 e. The molecule has 2 aromatic rings. The summed E-state index contributed by atoms with van der Waals surface area (Å²) >= 11 is 0. The van der Waals surface area contributed by atoms with Crippen LogP contribution in [0.15, 0.2) is 41.2 Å². The van der Waals surface area contributed by atoms with Crippen LogP contribution in [0.3, 0.4) is 0 Å². The van der Waals surface area contributed by atoms with Gasteiger partial charge in [0.2, 0.25) is 0 Å². The smallest absolute Gasteiger partial charge is 0.252 e. The number of benzene rings is 1. The van der Waals surface area contributed by atoms with Crippen molar-refractivity contribution in [2.45, 2.75) is 13.5 Å². The number of pyridine rings is 1. The third kappa shape index (κ3) is 2.43. The van der Waals surface area contributed by atoms with Crippen LogP contribution in [-0.2, 0) is 6.54 Å². The molecule has 0 aliphatic heterocycles. The zero-order valence-corrected chi connectivity index (χ0v) is 10.3. The number of aromatic nitrogens is 1. The first-order valence-electron chi connectivity index (χ1n) is 5.90. The minimum Gasteiger partial charge on any atom is -0.493 e. The Hall–Kier alpha value is -2.07. The lowest BCUT2D eigenvalue weighted by atomic mass is 10.1. The van der Waals surface area contributed by atoms with Gasteiger partial charge in [-0.3, -0.25) is 4.79 Å². The summed E-state index contributed by atoms with van der Waals surface area (Å²) < 4.78 is 5.54. The fourth-order valence-electron chi connectivity index (χ4n) is 1.79. The van der Waals surface area contributed by atoms with E-state index in [0.717, 1.165) is 17.0 Å². The van der Waals surface area contributed by atoms with E-state index >= 15 is 0 Å². The summed E-state index contributed by atoms with van der Waals surface area (Å²) in [6, 6.07) is 11.2. The number of aromatic amines is 1. The van der Waals surface area contributed by atoms with Gasteiger partial charge in [-0.1, -0.05) is 18.2 Å². The summed E-state index contributed by atoms with van der Waals surface area (Å²) in [5.41, 5.74) is 7.51. The van der Waals surface area contributed by atoms with E-state index in [1.54, 1.807) is 6.07 Å². The molecule has 0 radical (unpaired) electrons. The van der Waals surface area contributed by atoms with Crippen LogP contribution in [0.5, 0.6) is 5.75 Å². The van der Waals surface area contributed by atoms with E-state index in [1.807, 2.05) is 37.3 Å². The molecule has 0 aliphatic rings. The molecule has 94 valence electrons. The molecule has 1 aromatic heterocycles. The summed E-state index contributed by atoms with van der Waals surface area (Å²) in [4.78, 5) is 14.6. The van der Waals surface area contributed by atoms with Gasteiger partial charge in [0.1, 0.15) is 5.75 Å². The molecule has 1 aromatic carbocycles.